The van der Waals surface area contributed by atoms with Crippen molar-refractivity contribution in [2.24, 2.45) is 5.73 Å². The van der Waals surface area contributed by atoms with Crippen LogP contribution in [-0.4, -0.2) is 30.6 Å². The predicted octanol–water partition coefficient (Wildman–Crippen LogP) is 4.91. The topological polar surface area (TPSA) is 108 Å². The molecule has 3 N–H and O–H groups in total. The van der Waals surface area contributed by atoms with Crippen LogP contribution in [0.5, 0.6) is 0 Å². The summed E-state index contributed by atoms with van der Waals surface area (Å²) >= 11 is 0. The zero-order chi connectivity index (χ0) is 27.9. The average molecular weight is 535 g/mol. The van der Waals surface area contributed by atoms with Gasteiger partial charge in [0.2, 0.25) is 5.91 Å². The minimum absolute atomic E-state index is 0.0737. The molecule has 40 heavy (non-hydrogen) atoms. The van der Waals surface area contributed by atoms with E-state index in [1.165, 1.54) is 0 Å². The third-order valence-electron chi connectivity index (χ3n) is 6.95. The first-order chi connectivity index (χ1) is 19.5. The highest BCUT2D eigenvalue weighted by molar-refractivity contribution is 5.82. The molecule has 7 nitrogen and oxygen atoms in total. The monoisotopic (exact) mass is 534 g/mol. The van der Waals surface area contributed by atoms with E-state index in [0.29, 0.717) is 0 Å². The first kappa shape index (κ1) is 26.7. The maximum atomic E-state index is 13.1. The zero-order valence-corrected chi connectivity index (χ0v) is 21.9. The number of nitrogens with one attached hydrogen (secondary N) is 1. The Morgan fingerprint density at radius 3 is 2.00 bits per heavy atom. The second-order valence-corrected chi connectivity index (χ2v) is 9.78. The number of primary amides is 1. The molecule has 4 aromatic rings. The van der Waals surface area contributed by atoms with Crippen LogP contribution in [0.3, 0.4) is 0 Å². The van der Waals surface area contributed by atoms with Crippen molar-refractivity contribution in [1.29, 1.82) is 0 Å². The number of hydrogen-bond acceptors (Lipinski definition) is 5. The number of nitrogens with two attached hydrogens (primary N) is 1. The Kier molecular flexibility index (Phi) is 8.21. The van der Waals surface area contributed by atoms with Crippen molar-refractivity contribution in [3.8, 4) is 11.1 Å². The van der Waals surface area contributed by atoms with Gasteiger partial charge in [0.25, 0.3) is 0 Å². The molecule has 0 heterocycles. The Bertz CT molecular complexity index is 1470. The average Bonchev–Trinajstić information content (AvgIpc) is 3.28. The number of ether oxygens (including phenoxy) is 2. The van der Waals surface area contributed by atoms with E-state index in [-0.39, 0.29) is 32.0 Å². The summed E-state index contributed by atoms with van der Waals surface area (Å²) in [7, 11) is 0. The molecular formula is C33H30N2O5. The van der Waals surface area contributed by atoms with Crippen LogP contribution in [0.4, 0.5) is 4.79 Å². The summed E-state index contributed by atoms with van der Waals surface area (Å²) in [5.74, 6) is -1.14. The van der Waals surface area contributed by atoms with Crippen LogP contribution >= 0.6 is 0 Å². The van der Waals surface area contributed by atoms with Crippen molar-refractivity contribution in [2.45, 2.75) is 31.4 Å². The second kappa shape index (κ2) is 12.3. The number of esters is 1. The highest BCUT2D eigenvalue weighted by Crippen LogP contribution is 2.44. The first-order valence-electron chi connectivity index (χ1n) is 13.2. The highest BCUT2D eigenvalue weighted by atomic mass is 16.6. The van der Waals surface area contributed by atoms with Crippen LogP contribution in [0.15, 0.2) is 103 Å². The molecular weight excluding hydrogens is 504 g/mol. The van der Waals surface area contributed by atoms with Gasteiger partial charge in [-0.3, -0.25) is 4.79 Å². The van der Waals surface area contributed by atoms with E-state index in [1.807, 2.05) is 72.8 Å². The molecule has 0 fully saturated rings. The lowest BCUT2D eigenvalue weighted by atomic mass is 9.98. The van der Waals surface area contributed by atoms with Gasteiger partial charge in [-0.15, -0.1) is 0 Å². The quantitative estimate of drug-likeness (QED) is 0.281. The van der Waals surface area contributed by atoms with Gasteiger partial charge in [-0.1, -0.05) is 103 Å². The number of carbonyl (C=O) groups excluding carboxylic acids is 3. The van der Waals surface area contributed by atoms with Crippen molar-refractivity contribution in [3.63, 3.8) is 0 Å². The van der Waals surface area contributed by atoms with Crippen LogP contribution in [0.2, 0.25) is 0 Å². The van der Waals surface area contributed by atoms with Crippen LogP contribution in [0.1, 0.15) is 33.7 Å². The van der Waals surface area contributed by atoms with Crippen molar-refractivity contribution >= 4 is 18.0 Å². The fourth-order valence-electron chi connectivity index (χ4n) is 5.11. The number of hydrogen-bond donors (Lipinski definition) is 2. The molecule has 1 aliphatic rings. The molecule has 7 heteroatoms. The molecule has 1 atom stereocenters. The Morgan fingerprint density at radius 1 is 0.725 bits per heavy atom. The summed E-state index contributed by atoms with van der Waals surface area (Å²) in [6.07, 6.45) is -0.474. The Morgan fingerprint density at radius 2 is 1.32 bits per heavy atom. The molecule has 0 unspecified atom stereocenters. The molecule has 0 saturated carbocycles. The maximum Gasteiger partial charge on any atom is 0.407 e. The number of rotatable bonds is 10. The number of alkyl carbamates (subject to hydrolysis) is 1. The fraction of sp³-hybridized carbons (Fsp3) is 0.182. The fourth-order valence-corrected chi connectivity index (χ4v) is 5.11. The lowest BCUT2D eigenvalue weighted by Gasteiger charge is -2.20. The molecule has 4 aromatic carbocycles. The zero-order valence-electron chi connectivity index (χ0n) is 21.9. The van der Waals surface area contributed by atoms with E-state index in [2.05, 4.69) is 17.4 Å². The highest BCUT2D eigenvalue weighted by Gasteiger charge is 2.30. The Labute approximate surface area is 232 Å². The van der Waals surface area contributed by atoms with E-state index >= 15 is 0 Å². The van der Waals surface area contributed by atoms with Gasteiger partial charge in [0.05, 0.1) is 6.42 Å². The lowest BCUT2D eigenvalue weighted by Crippen LogP contribution is -2.44. The summed E-state index contributed by atoms with van der Waals surface area (Å²) in [6.45, 7) is 0.198. The number of amides is 2. The third-order valence-corrected chi connectivity index (χ3v) is 6.95. The van der Waals surface area contributed by atoms with Crippen LogP contribution in [-0.2, 0) is 38.5 Å². The maximum absolute atomic E-state index is 13.1. The third kappa shape index (κ3) is 6.38. The SMILES string of the molecule is NC(=O)Cc1cccc(C[C@H](NC(=O)OCC2c3ccccc3-c3ccccc32)C(=O)OCc2ccccc2)c1. The molecule has 0 spiro atoms. The molecule has 202 valence electrons. The van der Waals surface area contributed by atoms with Crippen LogP contribution in [0.25, 0.3) is 11.1 Å². The largest absolute Gasteiger partial charge is 0.459 e. The molecule has 0 aliphatic heterocycles. The van der Waals surface area contributed by atoms with Gasteiger partial charge < -0.3 is 20.5 Å². The van der Waals surface area contributed by atoms with Gasteiger partial charge in [0.1, 0.15) is 19.3 Å². The van der Waals surface area contributed by atoms with E-state index in [1.54, 1.807) is 18.2 Å². The summed E-state index contributed by atoms with van der Waals surface area (Å²) in [5, 5.41) is 2.71. The minimum Gasteiger partial charge on any atom is -0.459 e. The Balaban J connectivity index is 1.28. The number of benzene rings is 4. The molecule has 5 rings (SSSR count). The molecule has 0 saturated heterocycles. The normalized spacial score (nSPS) is 12.6. The van der Waals surface area contributed by atoms with E-state index in [4.69, 9.17) is 15.2 Å². The van der Waals surface area contributed by atoms with Gasteiger partial charge in [-0.2, -0.15) is 0 Å². The molecule has 0 radical (unpaired) electrons. The van der Waals surface area contributed by atoms with Crippen molar-refractivity contribution in [3.05, 3.63) is 131 Å². The van der Waals surface area contributed by atoms with Crippen molar-refractivity contribution < 1.29 is 23.9 Å². The van der Waals surface area contributed by atoms with Crippen molar-refractivity contribution in [1.82, 2.24) is 5.32 Å². The van der Waals surface area contributed by atoms with E-state index in [9.17, 15) is 14.4 Å². The summed E-state index contributed by atoms with van der Waals surface area (Å²) in [5.41, 5.74) is 12.1. The first-order valence-corrected chi connectivity index (χ1v) is 13.2. The second-order valence-electron chi connectivity index (χ2n) is 9.78. The standard InChI is InChI=1S/C33H30N2O5/c34-31(36)19-24-12-8-11-23(17-24)18-30(32(37)39-20-22-9-2-1-3-10-22)35-33(38)40-21-29-27-15-6-4-13-25(27)26-14-5-7-16-28(26)29/h1-17,29-30H,18-21H2,(H2,34,36)(H,35,38)/t30-/m0/s1. The lowest BCUT2D eigenvalue weighted by molar-refractivity contribution is -0.147. The van der Waals surface area contributed by atoms with E-state index < -0.39 is 24.0 Å². The van der Waals surface area contributed by atoms with Crippen LogP contribution < -0.4 is 11.1 Å². The van der Waals surface area contributed by atoms with Gasteiger partial charge in [0, 0.05) is 12.3 Å². The summed E-state index contributed by atoms with van der Waals surface area (Å²) in [4.78, 5) is 37.5. The molecule has 1 aliphatic carbocycles. The molecule has 0 bridgehead atoms. The van der Waals surface area contributed by atoms with Crippen molar-refractivity contribution in [2.75, 3.05) is 6.61 Å². The number of fused-ring (bicyclic) bond motifs is 3. The molecule has 0 aromatic heterocycles. The van der Waals surface area contributed by atoms with Gasteiger partial charge in [-0.25, -0.2) is 9.59 Å². The van der Waals surface area contributed by atoms with E-state index in [0.717, 1.165) is 38.9 Å². The van der Waals surface area contributed by atoms with Gasteiger partial charge >= 0.3 is 12.1 Å². The Hall–Kier alpha value is -4.91. The predicted molar refractivity (Wildman–Crippen MR) is 151 cm³/mol. The smallest absolute Gasteiger partial charge is 0.407 e. The molecule has 2 amide bonds. The summed E-state index contributed by atoms with van der Waals surface area (Å²) < 4.78 is 11.2. The number of carbonyl (C=O) groups is 3. The summed E-state index contributed by atoms with van der Waals surface area (Å²) in [6, 6.07) is 31.7. The van der Waals surface area contributed by atoms with Crippen LogP contribution in [0, 0.1) is 0 Å². The van der Waals surface area contributed by atoms with Gasteiger partial charge in [0.15, 0.2) is 0 Å². The van der Waals surface area contributed by atoms with Gasteiger partial charge in [-0.05, 0) is 38.9 Å². The minimum atomic E-state index is -0.997.